The SMILES string of the molecule is C[C@@H](C[S@](C)=O)N(C)CCc1cccs1. The lowest BCUT2D eigenvalue weighted by Crippen LogP contribution is -2.34. The summed E-state index contributed by atoms with van der Waals surface area (Å²) >= 11 is 1.80. The quantitative estimate of drug-likeness (QED) is 0.764. The Labute approximate surface area is 98.8 Å². The molecule has 2 nitrogen and oxygen atoms in total. The second kappa shape index (κ2) is 6.40. The van der Waals surface area contributed by atoms with Gasteiger partial charge in [-0.15, -0.1) is 11.3 Å². The van der Waals surface area contributed by atoms with Crippen LogP contribution >= 0.6 is 11.3 Å². The van der Waals surface area contributed by atoms with Crippen LogP contribution in [-0.4, -0.2) is 40.8 Å². The Morgan fingerprint density at radius 1 is 1.60 bits per heavy atom. The van der Waals surface area contributed by atoms with Gasteiger partial charge in [0.25, 0.3) is 0 Å². The number of hydrogen-bond donors (Lipinski definition) is 0. The van der Waals surface area contributed by atoms with E-state index in [4.69, 9.17) is 0 Å². The predicted octanol–water partition coefficient (Wildman–Crippen LogP) is 1.99. The molecule has 0 aliphatic rings. The monoisotopic (exact) mass is 245 g/mol. The number of nitrogens with zero attached hydrogens (tertiary/aromatic N) is 1. The van der Waals surface area contributed by atoms with Crippen molar-refractivity contribution >= 4 is 22.1 Å². The lowest BCUT2D eigenvalue weighted by molar-refractivity contribution is 0.281. The minimum atomic E-state index is -0.696. The summed E-state index contributed by atoms with van der Waals surface area (Å²) in [5.74, 6) is 0.765. The first-order valence-electron chi connectivity index (χ1n) is 5.12. The van der Waals surface area contributed by atoms with Gasteiger partial charge in [-0.05, 0) is 31.8 Å². The zero-order valence-electron chi connectivity index (χ0n) is 9.60. The van der Waals surface area contributed by atoms with Crippen molar-refractivity contribution in [1.82, 2.24) is 4.90 Å². The second-order valence-corrected chi connectivity index (χ2v) is 6.41. The summed E-state index contributed by atoms with van der Waals surface area (Å²) in [4.78, 5) is 3.70. The maximum atomic E-state index is 11.1. The molecule has 15 heavy (non-hydrogen) atoms. The summed E-state index contributed by atoms with van der Waals surface area (Å²) in [5, 5.41) is 2.11. The van der Waals surface area contributed by atoms with Crippen LogP contribution in [0.15, 0.2) is 17.5 Å². The van der Waals surface area contributed by atoms with Gasteiger partial charge in [0.05, 0.1) is 0 Å². The third-order valence-corrected chi connectivity index (χ3v) is 4.41. The average molecular weight is 245 g/mol. The summed E-state index contributed by atoms with van der Waals surface area (Å²) in [6.07, 6.45) is 2.86. The number of thiophene rings is 1. The van der Waals surface area contributed by atoms with E-state index in [9.17, 15) is 4.21 Å². The lowest BCUT2D eigenvalue weighted by Gasteiger charge is -2.23. The molecule has 0 saturated carbocycles. The van der Waals surface area contributed by atoms with Gasteiger partial charge in [-0.25, -0.2) is 0 Å². The van der Waals surface area contributed by atoms with Gasteiger partial charge >= 0.3 is 0 Å². The van der Waals surface area contributed by atoms with Crippen molar-refractivity contribution in [2.75, 3.05) is 25.6 Å². The second-order valence-electron chi connectivity index (χ2n) is 3.90. The van der Waals surface area contributed by atoms with Crippen LogP contribution < -0.4 is 0 Å². The number of rotatable bonds is 6. The van der Waals surface area contributed by atoms with E-state index in [1.54, 1.807) is 17.6 Å². The molecule has 86 valence electrons. The van der Waals surface area contributed by atoms with E-state index in [0.717, 1.165) is 18.7 Å². The molecule has 0 amide bonds. The van der Waals surface area contributed by atoms with Crippen molar-refractivity contribution in [3.63, 3.8) is 0 Å². The summed E-state index contributed by atoms with van der Waals surface area (Å²) in [6.45, 7) is 3.18. The first kappa shape index (κ1) is 12.9. The molecule has 0 spiro atoms. The minimum Gasteiger partial charge on any atom is -0.302 e. The third-order valence-electron chi connectivity index (χ3n) is 2.52. The first-order chi connectivity index (χ1) is 7.09. The van der Waals surface area contributed by atoms with Crippen molar-refractivity contribution in [2.45, 2.75) is 19.4 Å². The fraction of sp³-hybridized carbons (Fsp3) is 0.636. The molecule has 0 bridgehead atoms. The molecule has 0 fully saturated rings. The van der Waals surface area contributed by atoms with Crippen LogP contribution in [0.5, 0.6) is 0 Å². The van der Waals surface area contributed by atoms with Crippen LogP contribution in [0.4, 0.5) is 0 Å². The summed E-state index contributed by atoms with van der Waals surface area (Å²) in [6, 6.07) is 4.65. The zero-order valence-corrected chi connectivity index (χ0v) is 11.2. The molecule has 0 aliphatic carbocycles. The summed E-state index contributed by atoms with van der Waals surface area (Å²) in [5.41, 5.74) is 0. The standard InChI is InChI=1S/C11H19NOS2/c1-10(9-15(3)13)12(2)7-6-11-5-4-8-14-11/h4-5,8,10H,6-7,9H2,1-3H3/t10-,15-/m0/s1. The molecule has 0 N–H and O–H groups in total. The Morgan fingerprint density at radius 3 is 2.87 bits per heavy atom. The van der Waals surface area contributed by atoms with E-state index in [1.165, 1.54) is 4.88 Å². The normalized spacial score (nSPS) is 15.5. The van der Waals surface area contributed by atoms with Gasteiger partial charge in [-0.2, -0.15) is 0 Å². The van der Waals surface area contributed by atoms with Crippen LogP contribution in [0.3, 0.4) is 0 Å². The van der Waals surface area contributed by atoms with Gasteiger partial charge in [0, 0.05) is 40.3 Å². The Hall–Kier alpha value is -0.190. The maximum absolute atomic E-state index is 11.1. The number of likely N-dealkylation sites (N-methyl/N-ethyl adjacent to an activating group) is 1. The van der Waals surface area contributed by atoms with Gasteiger partial charge in [0.1, 0.15) is 0 Å². The van der Waals surface area contributed by atoms with Gasteiger partial charge < -0.3 is 4.90 Å². The topological polar surface area (TPSA) is 20.3 Å². The molecule has 1 aromatic rings. The molecule has 0 radical (unpaired) electrons. The average Bonchev–Trinajstić information content (AvgIpc) is 2.65. The molecule has 0 aromatic carbocycles. The van der Waals surface area contributed by atoms with Crippen LogP contribution in [0.1, 0.15) is 11.8 Å². The molecule has 2 atom stereocenters. The fourth-order valence-electron chi connectivity index (χ4n) is 1.43. The highest BCUT2D eigenvalue weighted by Gasteiger charge is 2.10. The van der Waals surface area contributed by atoms with Crippen LogP contribution in [-0.2, 0) is 17.2 Å². The Morgan fingerprint density at radius 2 is 2.33 bits per heavy atom. The highest BCUT2D eigenvalue weighted by atomic mass is 32.2. The van der Waals surface area contributed by atoms with Gasteiger partial charge in [0.2, 0.25) is 0 Å². The fourth-order valence-corrected chi connectivity index (χ4v) is 3.06. The van der Waals surface area contributed by atoms with Crippen molar-refractivity contribution in [1.29, 1.82) is 0 Å². The van der Waals surface area contributed by atoms with Crippen molar-refractivity contribution in [3.05, 3.63) is 22.4 Å². The summed E-state index contributed by atoms with van der Waals surface area (Å²) in [7, 11) is 1.41. The van der Waals surface area contributed by atoms with Gasteiger partial charge in [-0.3, -0.25) is 4.21 Å². The Bertz CT molecular complexity index is 298. The van der Waals surface area contributed by atoms with E-state index in [1.807, 2.05) is 0 Å². The van der Waals surface area contributed by atoms with Crippen molar-refractivity contribution in [2.24, 2.45) is 0 Å². The van der Waals surface area contributed by atoms with Gasteiger partial charge in [-0.1, -0.05) is 6.07 Å². The Kier molecular flexibility index (Phi) is 5.50. The largest absolute Gasteiger partial charge is 0.302 e. The van der Waals surface area contributed by atoms with E-state index >= 15 is 0 Å². The van der Waals surface area contributed by atoms with Crippen LogP contribution in [0.2, 0.25) is 0 Å². The molecule has 0 saturated heterocycles. The molecular weight excluding hydrogens is 226 g/mol. The molecule has 1 rings (SSSR count). The first-order valence-corrected chi connectivity index (χ1v) is 7.73. The van der Waals surface area contributed by atoms with E-state index in [2.05, 4.69) is 36.4 Å². The molecule has 0 aliphatic heterocycles. The minimum absolute atomic E-state index is 0.399. The molecular formula is C11H19NOS2. The lowest BCUT2D eigenvalue weighted by atomic mass is 10.3. The van der Waals surface area contributed by atoms with Crippen molar-refractivity contribution < 1.29 is 4.21 Å². The molecule has 4 heteroatoms. The highest BCUT2D eigenvalue weighted by molar-refractivity contribution is 7.84. The maximum Gasteiger partial charge on any atom is 0.0385 e. The Balaban J connectivity index is 2.29. The van der Waals surface area contributed by atoms with Gasteiger partial charge in [0.15, 0.2) is 0 Å². The molecule has 1 aromatic heterocycles. The van der Waals surface area contributed by atoms with E-state index in [-0.39, 0.29) is 0 Å². The molecule has 1 heterocycles. The smallest absolute Gasteiger partial charge is 0.0385 e. The highest BCUT2D eigenvalue weighted by Crippen LogP contribution is 2.10. The summed E-state index contributed by atoms with van der Waals surface area (Å²) < 4.78 is 11.1. The predicted molar refractivity (Wildman–Crippen MR) is 69.0 cm³/mol. The molecule has 0 unspecified atom stereocenters. The van der Waals surface area contributed by atoms with E-state index < -0.39 is 10.8 Å². The zero-order chi connectivity index (χ0) is 11.3. The number of hydrogen-bond acceptors (Lipinski definition) is 3. The van der Waals surface area contributed by atoms with E-state index in [0.29, 0.717) is 6.04 Å². The van der Waals surface area contributed by atoms with Crippen LogP contribution in [0.25, 0.3) is 0 Å². The van der Waals surface area contributed by atoms with Crippen molar-refractivity contribution in [3.8, 4) is 0 Å². The van der Waals surface area contributed by atoms with Crippen LogP contribution in [0, 0.1) is 0 Å². The third kappa shape index (κ3) is 4.91.